The molecule has 0 radical (unpaired) electrons. The Morgan fingerprint density at radius 3 is 2.44 bits per heavy atom. The van der Waals surface area contributed by atoms with Gasteiger partial charge in [-0.25, -0.2) is 4.98 Å². The van der Waals surface area contributed by atoms with E-state index in [9.17, 15) is 4.79 Å². The Labute approximate surface area is 155 Å². The topological polar surface area (TPSA) is 68.0 Å². The fraction of sp³-hybridized carbons (Fsp3) is 0.263. The summed E-state index contributed by atoms with van der Waals surface area (Å²) in [6.45, 7) is 4.69. The van der Waals surface area contributed by atoms with Crippen LogP contribution in [-0.2, 0) is 6.54 Å². The van der Waals surface area contributed by atoms with E-state index in [0.717, 1.165) is 15.4 Å². The van der Waals surface area contributed by atoms with Crippen LogP contribution in [0.25, 0.3) is 0 Å². The van der Waals surface area contributed by atoms with Crippen LogP contribution in [0.15, 0.2) is 47.2 Å². The second kappa shape index (κ2) is 7.91. The van der Waals surface area contributed by atoms with E-state index in [1.165, 1.54) is 16.9 Å². The van der Waals surface area contributed by atoms with E-state index >= 15 is 0 Å². The number of carbonyl (C=O) groups is 1. The normalized spacial score (nSPS) is 12.3. The number of benzene rings is 1. The van der Waals surface area contributed by atoms with Crippen molar-refractivity contribution in [2.75, 3.05) is 0 Å². The highest BCUT2D eigenvalue weighted by molar-refractivity contribution is 7.10. The van der Waals surface area contributed by atoms with Crippen LogP contribution in [0, 0.1) is 0 Å². The lowest BCUT2D eigenvalue weighted by Crippen LogP contribution is -2.29. The van der Waals surface area contributed by atoms with Gasteiger partial charge in [-0.1, -0.05) is 44.2 Å². The van der Waals surface area contributed by atoms with Gasteiger partial charge < -0.3 is 11.1 Å². The maximum Gasteiger partial charge on any atom is 0.271 e. The third kappa shape index (κ3) is 4.15. The summed E-state index contributed by atoms with van der Waals surface area (Å²) < 4.78 is 0. The minimum atomic E-state index is -0.184. The van der Waals surface area contributed by atoms with E-state index < -0.39 is 0 Å². The number of thiophene rings is 1. The highest BCUT2D eigenvalue weighted by Gasteiger charge is 2.20. The molecule has 1 atom stereocenters. The van der Waals surface area contributed by atoms with Gasteiger partial charge in [0.2, 0.25) is 0 Å². The Morgan fingerprint density at radius 2 is 1.88 bits per heavy atom. The molecule has 0 aliphatic carbocycles. The third-order valence-electron chi connectivity index (χ3n) is 4.00. The van der Waals surface area contributed by atoms with E-state index in [2.05, 4.69) is 48.4 Å². The second-order valence-electron chi connectivity index (χ2n) is 6.07. The second-order valence-corrected chi connectivity index (χ2v) is 8.00. The lowest BCUT2D eigenvalue weighted by molar-refractivity contribution is 0.0939. The Morgan fingerprint density at radius 1 is 1.16 bits per heavy atom. The first-order valence-corrected chi connectivity index (χ1v) is 9.93. The molecule has 0 aliphatic rings. The number of nitrogens with two attached hydrogens (primary N) is 1. The van der Waals surface area contributed by atoms with Crippen LogP contribution in [0.1, 0.15) is 57.3 Å². The first-order valence-electron chi connectivity index (χ1n) is 8.17. The van der Waals surface area contributed by atoms with Crippen molar-refractivity contribution in [3.05, 3.63) is 73.9 Å². The summed E-state index contributed by atoms with van der Waals surface area (Å²) in [4.78, 5) is 18.0. The number of aromatic nitrogens is 1. The van der Waals surface area contributed by atoms with Gasteiger partial charge >= 0.3 is 0 Å². The maximum atomic E-state index is 12.6. The van der Waals surface area contributed by atoms with Crippen molar-refractivity contribution in [1.82, 2.24) is 10.3 Å². The highest BCUT2D eigenvalue weighted by Crippen LogP contribution is 2.28. The van der Waals surface area contributed by atoms with E-state index in [0.29, 0.717) is 18.2 Å². The molecule has 3 aromatic rings. The average molecular weight is 372 g/mol. The molecule has 6 heteroatoms. The van der Waals surface area contributed by atoms with Gasteiger partial charge in [0.15, 0.2) is 0 Å². The maximum absolute atomic E-state index is 12.6. The van der Waals surface area contributed by atoms with Gasteiger partial charge in [0.25, 0.3) is 5.91 Å². The van der Waals surface area contributed by atoms with Gasteiger partial charge in [0, 0.05) is 16.8 Å². The summed E-state index contributed by atoms with van der Waals surface area (Å²) in [6, 6.07) is 12.3. The predicted octanol–water partition coefficient (Wildman–Crippen LogP) is 4.31. The van der Waals surface area contributed by atoms with Crippen molar-refractivity contribution in [3.63, 3.8) is 0 Å². The Bertz CT molecular complexity index is 823. The molecule has 2 aromatic heterocycles. The van der Waals surface area contributed by atoms with E-state index in [-0.39, 0.29) is 11.9 Å². The van der Waals surface area contributed by atoms with Gasteiger partial charge in [-0.3, -0.25) is 4.79 Å². The quantitative estimate of drug-likeness (QED) is 0.678. The van der Waals surface area contributed by atoms with Gasteiger partial charge in [0.05, 0.1) is 6.04 Å². The number of rotatable bonds is 6. The minimum Gasteiger partial charge on any atom is -0.339 e. The van der Waals surface area contributed by atoms with E-state index in [1.54, 1.807) is 16.7 Å². The number of nitrogens with one attached hydrogen (secondary N) is 1. The Kier molecular flexibility index (Phi) is 5.63. The first-order chi connectivity index (χ1) is 12.1. The summed E-state index contributed by atoms with van der Waals surface area (Å²) in [5.41, 5.74) is 8.36. The summed E-state index contributed by atoms with van der Waals surface area (Å²) in [6.07, 6.45) is 0. The summed E-state index contributed by atoms with van der Waals surface area (Å²) >= 11 is 3.04. The fourth-order valence-corrected chi connectivity index (χ4v) is 4.02. The number of hydrogen-bond acceptors (Lipinski definition) is 5. The molecule has 0 spiro atoms. The number of thiazole rings is 1. The van der Waals surface area contributed by atoms with Crippen molar-refractivity contribution < 1.29 is 4.79 Å². The van der Waals surface area contributed by atoms with Crippen LogP contribution in [-0.4, -0.2) is 10.9 Å². The number of nitrogens with zero attached hydrogens (tertiary/aromatic N) is 1. The summed E-state index contributed by atoms with van der Waals surface area (Å²) in [5.74, 6) is 0.302. The largest absolute Gasteiger partial charge is 0.339 e. The number of hydrogen-bond donors (Lipinski definition) is 2. The molecule has 4 nitrogen and oxygen atoms in total. The summed E-state index contributed by atoms with van der Waals surface area (Å²) in [5, 5.41) is 7.65. The molecule has 3 rings (SSSR count). The molecule has 1 amide bonds. The molecule has 0 saturated carbocycles. The third-order valence-corrected chi connectivity index (χ3v) is 5.81. The van der Waals surface area contributed by atoms with Crippen molar-refractivity contribution >= 4 is 28.6 Å². The van der Waals surface area contributed by atoms with Gasteiger partial charge in [0.1, 0.15) is 10.7 Å². The van der Waals surface area contributed by atoms with Crippen LogP contribution < -0.4 is 11.1 Å². The molecule has 1 aromatic carbocycles. The van der Waals surface area contributed by atoms with Crippen molar-refractivity contribution in [1.29, 1.82) is 0 Å². The molecule has 0 bridgehead atoms. The lowest BCUT2D eigenvalue weighted by Gasteiger charge is -2.18. The zero-order chi connectivity index (χ0) is 17.8. The molecule has 1 unspecified atom stereocenters. The van der Waals surface area contributed by atoms with Crippen LogP contribution >= 0.6 is 22.7 Å². The van der Waals surface area contributed by atoms with Crippen molar-refractivity contribution in [3.8, 4) is 0 Å². The first kappa shape index (κ1) is 17.8. The molecular weight excluding hydrogens is 350 g/mol. The number of amides is 1. The van der Waals surface area contributed by atoms with Crippen LogP contribution in [0.2, 0.25) is 0 Å². The average Bonchev–Trinajstić information content (AvgIpc) is 3.31. The molecule has 0 saturated heterocycles. The van der Waals surface area contributed by atoms with Gasteiger partial charge in [-0.15, -0.1) is 22.7 Å². The molecule has 2 heterocycles. The zero-order valence-electron chi connectivity index (χ0n) is 14.2. The number of carbonyl (C=O) groups excluding carboxylic acids is 1. The predicted molar refractivity (Wildman–Crippen MR) is 104 cm³/mol. The monoisotopic (exact) mass is 371 g/mol. The molecule has 130 valence electrons. The van der Waals surface area contributed by atoms with Crippen LogP contribution in [0.3, 0.4) is 0 Å². The van der Waals surface area contributed by atoms with Gasteiger partial charge in [-0.05, 0) is 28.5 Å². The highest BCUT2D eigenvalue weighted by atomic mass is 32.1. The van der Waals surface area contributed by atoms with Crippen LogP contribution in [0.5, 0.6) is 0 Å². The molecule has 25 heavy (non-hydrogen) atoms. The van der Waals surface area contributed by atoms with E-state index in [1.807, 2.05) is 17.5 Å². The molecule has 0 aliphatic heterocycles. The molecular formula is C19H21N3OS2. The summed E-state index contributed by atoms with van der Waals surface area (Å²) in [7, 11) is 0. The van der Waals surface area contributed by atoms with E-state index in [4.69, 9.17) is 5.73 Å². The van der Waals surface area contributed by atoms with Crippen LogP contribution in [0.4, 0.5) is 0 Å². The lowest BCUT2D eigenvalue weighted by atomic mass is 9.98. The SMILES string of the molecule is CC(C)c1ccc(C(NC(=O)c2csc(CN)n2)c2cccs2)cc1. The molecule has 0 fully saturated rings. The van der Waals surface area contributed by atoms with Gasteiger partial charge in [-0.2, -0.15) is 0 Å². The minimum absolute atomic E-state index is 0.178. The Balaban J connectivity index is 1.86. The molecule has 3 N–H and O–H groups in total. The van der Waals surface area contributed by atoms with Crippen molar-refractivity contribution in [2.24, 2.45) is 5.73 Å². The Hall–Kier alpha value is -2.02. The smallest absolute Gasteiger partial charge is 0.271 e. The standard InChI is InChI=1S/C19H21N3OS2/c1-12(2)13-5-7-14(8-6-13)18(16-4-3-9-24-16)22-19(23)15-11-25-17(10-20)21-15/h3-9,11-12,18H,10,20H2,1-2H3,(H,22,23). The van der Waals surface area contributed by atoms with Crippen molar-refractivity contribution in [2.45, 2.75) is 32.4 Å². The zero-order valence-corrected chi connectivity index (χ0v) is 15.9. The fourth-order valence-electron chi connectivity index (χ4n) is 2.56.